The molecule has 0 saturated heterocycles. The number of benzene rings is 1. The SMILES string of the molecule is CCCCN(C)C(=O)c1cccc(Oc2ccccn2)c1. The Morgan fingerprint density at radius 1 is 1.24 bits per heavy atom. The normalized spacial score (nSPS) is 10.2. The fourth-order valence-electron chi connectivity index (χ4n) is 1.94. The van der Waals surface area contributed by atoms with Crippen molar-refractivity contribution in [3.63, 3.8) is 0 Å². The Hall–Kier alpha value is -2.36. The molecule has 1 amide bonds. The van der Waals surface area contributed by atoms with Gasteiger partial charge in [0.05, 0.1) is 0 Å². The number of rotatable bonds is 6. The van der Waals surface area contributed by atoms with Crippen molar-refractivity contribution in [1.29, 1.82) is 0 Å². The highest BCUT2D eigenvalue weighted by Gasteiger charge is 2.12. The fourth-order valence-corrected chi connectivity index (χ4v) is 1.94. The van der Waals surface area contributed by atoms with Crippen molar-refractivity contribution in [2.75, 3.05) is 13.6 Å². The molecule has 0 aliphatic carbocycles. The highest BCUT2D eigenvalue weighted by Crippen LogP contribution is 2.20. The van der Waals surface area contributed by atoms with E-state index in [-0.39, 0.29) is 5.91 Å². The van der Waals surface area contributed by atoms with Gasteiger partial charge in [0.1, 0.15) is 5.75 Å². The van der Waals surface area contributed by atoms with Gasteiger partial charge in [0.15, 0.2) is 0 Å². The molecule has 0 aliphatic heterocycles. The predicted octanol–water partition coefficient (Wildman–Crippen LogP) is 3.75. The summed E-state index contributed by atoms with van der Waals surface area (Å²) in [6.45, 7) is 2.88. The number of hydrogen-bond donors (Lipinski definition) is 0. The second-order valence-electron chi connectivity index (χ2n) is 4.88. The lowest BCUT2D eigenvalue weighted by Crippen LogP contribution is -2.27. The van der Waals surface area contributed by atoms with E-state index in [0.717, 1.165) is 19.4 Å². The maximum absolute atomic E-state index is 12.3. The average molecular weight is 284 g/mol. The van der Waals surface area contributed by atoms with Crippen molar-refractivity contribution in [3.8, 4) is 11.6 Å². The van der Waals surface area contributed by atoms with Crippen LogP contribution in [0.2, 0.25) is 0 Å². The maximum Gasteiger partial charge on any atom is 0.253 e. The van der Waals surface area contributed by atoms with Gasteiger partial charge in [-0.1, -0.05) is 25.5 Å². The molecule has 0 N–H and O–H groups in total. The lowest BCUT2D eigenvalue weighted by atomic mass is 10.2. The lowest BCUT2D eigenvalue weighted by molar-refractivity contribution is 0.0793. The molecular formula is C17H20N2O2. The second kappa shape index (κ2) is 7.43. The third kappa shape index (κ3) is 4.31. The molecule has 2 rings (SSSR count). The fraction of sp³-hybridized carbons (Fsp3) is 0.294. The van der Waals surface area contributed by atoms with Crippen molar-refractivity contribution in [2.24, 2.45) is 0 Å². The maximum atomic E-state index is 12.3. The van der Waals surface area contributed by atoms with Gasteiger partial charge in [0, 0.05) is 31.4 Å². The molecule has 0 atom stereocenters. The molecule has 0 aliphatic rings. The largest absolute Gasteiger partial charge is 0.439 e. The van der Waals surface area contributed by atoms with Crippen LogP contribution in [0.4, 0.5) is 0 Å². The molecule has 2 aromatic rings. The molecule has 1 aromatic heterocycles. The first-order valence-corrected chi connectivity index (χ1v) is 7.15. The zero-order valence-corrected chi connectivity index (χ0v) is 12.5. The highest BCUT2D eigenvalue weighted by molar-refractivity contribution is 5.94. The standard InChI is InChI=1S/C17H20N2O2/c1-3-4-12-19(2)17(20)14-8-7-9-15(13-14)21-16-10-5-6-11-18-16/h5-11,13H,3-4,12H2,1-2H3. The van der Waals surface area contributed by atoms with Crippen LogP contribution in [-0.4, -0.2) is 29.4 Å². The molecule has 1 heterocycles. The van der Waals surface area contributed by atoms with E-state index in [2.05, 4.69) is 11.9 Å². The number of aromatic nitrogens is 1. The van der Waals surface area contributed by atoms with E-state index in [1.807, 2.05) is 31.3 Å². The summed E-state index contributed by atoms with van der Waals surface area (Å²) in [4.78, 5) is 18.2. The van der Waals surface area contributed by atoms with Gasteiger partial charge in [-0.2, -0.15) is 0 Å². The number of amides is 1. The topological polar surface area (TPSA) is 42.4 Å². The molecule has 110 valence electrons. The first kappa shape index (κ1) is 15.0. The van der Waals surface area contributed by atoms with Crippen LogP contribution >= 0.6 is 0 Å². The monoisotopic (exact) mass is 284 g/mol. The van der Waals surface area contributed by atoms with Crippen molar-refractivity contribution >= 4 is 5.91 Å². The molecule has 0 unspecified atom stereocenters. The number of unbranched alkanes of at least 4 members (excludes halogenated alkanes) is 1. The van der Waals surface area contributed by atoms with Crippen molar-refractivity contribution < 1.29 is 9.53 Å². The first-order valence-electron chi connectivity index (χ1n) is 7.15. The molecule has 21 heavy (non-hydrogen) atoms. The molecule has 0 saturated carbocycles. The predicted molar refractivity (Wildman–Crippen MR) is 82.6 cm³/mol. The van der Waals surface area contributed by atoms with Gasteiger partial charge < -0.3 is 9.64 Å². The summed E-state index contributed by atoms with van der Waals surface area (Å²) in [6, 6.07) is 12.7. The number of carbonyl (C=O) groups excluding carboxylic acids is 1. The Morgan fingerprint density at radius 3 is 2.81 bits per heavy atom. The van der Waals surface area contributed by atoms with E-state index in [9.17, 15) is 4.79 Å². The van der Waals surface area contributed by atoms with E-state index in [1.54, 1.807) is 29.3 Å². The van der Waals surface area contributed by atoms with Crippen LogP contribution in [0.25, 0.3) is 0 Å². The van der Waals surface area contributed by atoms with Crippen LogP contribution in [0.15, 0.2) is 48.7 Å². The van der Waals surface area contributed by atoms with E-state index < -0.39 is 0 Å². The van der Waals surface area contributed by atoms with Gasteiger partial charge in [-0.15, -0.1) is 0 Å². The van der Waals surface area contributed by atoms with E-state index in [4.69, 9.17) is 4.74 Å². The van der Waals surface area contributed by atoms with Crippen molar-refractivity contribution in [1.82, 2.24) is 9.88 Å². The van der Waals surface area contributed by atoms with Gasteiger partial charge in [-0.25, -0.2) is 4.98 Å². The van der Waals surface area contributed by atoms with Crippen LogP contribution in [-0.2, 0) is 0 Å². The zero-order chi connectivity index (χ0) is 15.1. The minimum Gasteiger partial charge on any atom is -0.439 e. The van der Waals surface area contributed by atoms with E-state index >= 15 is 0 Å². The van der Waals surface area contributed by atoms with Crippen LogP contribution in [0.1, 0.15) is 30.1 Å². The first-order chi connectivity index (χ1) is 10.2. The molecule has 0 fully saturated rings. The minimum atomic E-state index is 0.00919. The van der Waals surface area contributed by atoms with E-state index in [1.165, 1.54) is 0 Å². The summed E-state index contributed by atoms with van der Waals surface area (Å²) < 4.78 is 5.65. The van der Waals surface area contributed by atoms with Gasteiger partial charge in [-0.3, -0.25) is 4.79 Å². The molecule has 0 spiro atoms. The van der Waals surface area contributed by atoms with Gasteiger partial charge in [0.2, 0.25) is 5.88 Å². The van der Waals surface area contributed by atoms with Crippen LogP contribution in [0, 0.1) is 0 Å². The average Bonchev–Trinajstić information content (AvgIpc) is 2.53. The molecule has 0 bridgehead atoms. The number of nitrogens with zero attached hydrogens (tertiary/aromatic N) is 2. The summed E-state index contributed by atoms with van der Waals surface area (Å²) in [5.41, 5.74) is 0.627. The van der Waals surface area contributed by atoms with Gasteiger partial charge in [0.25, 0.3) is 5.91 Å². The van der Waals surface area contributed by atoms with Crippen LogP contribution < -0.4 is 4.74 Å². The lowest BCUT2D eigenvalue weighted by Gasteiger charge is -2.17. The summed E-state index contributed by atoms with van der Waals surface area (Å²) in [7, 11) is 1.82. The number of ether oxygens (including phenoxy) is 1. The van der Waals surface area contributed by atoms with Crippen LogP contribution in [0.5, 0.6) is 11.6 Å². The third-order valence-electron chi connectivity index (χ3n) is 3.13. The van der Waals surface area contributed by atoms with Gasteiger partial charge in [-0.05, 0) is 30.7 Å². The Kier molecular flexibility index (Phi) is 5.32. The summed E-state index contributed by atoms with van der Waals surface area (Å²) in [5, 5.41) is 0. The molecular weight excluding hydrogens is 264 g/mol. The highest BCUT2D eigenvalue weighted by atomic mass is 16.5. The van der Waals surface area contributed by atoms with Crippen LogP contribution in [0.3, 0.4) is 0 Å². The quantitative estimate of drug-likeness (QED) is 0.811. The Labute approximate surface area is 125 Å². The summed E-state index contributed by atoms with van der Waals surface area (Å²) in [5.74, 6) is 1.14. The molecule has 4 heteroatoms. The molecule has 4 nitrogen and oxygen atoms in total. The Morgan fingerprint density at radius 2 is 2.10 bits per heavy atom. The molecule has 1 aromatic carbocycles. The Balaban J connectivity index is 2.08. The zero-order valence-electron chi connectivity index (χ0n) is 12.5. The van der Waals surface area contributed by atoms with E-state index in [0.29, 0.717) is 17.2 Å². The molecule has 0 radical (unpaired) electrons. The minimum absolute atomic E-state index is 0.00919. The number of pyridine rings is 1. The number of carbonyl (C=O) groups is 1. The van der Waals surface area contributed by atoms with Crippen molar-refractivity contribution in [3.05, 3.63) is 54.2 Å². The van der Waals surface area contributed by atoms with Crippen molar-refractivity contribution in [2.45, 2.75) is 19.8 Å². The summed E-state index contributed by atoms with van der Waals surface area (Å²) >= 11 is 0. The smallest absolute Gasteiger partial charge is 0.253 e. The number of hydrogen-bond acceptors (Lipinski definition) is 3. The third-order valence-corrected chi connectivity index (χ3v) is 3.13. The summed E-state index contributed by atoms with van der Waals surface area (Å²) in [6.07, 6.45) is 3.75. The Bertz CT molecular complexity index is 584. The second-order valence-corrected chi connectivity index (χ2v) is 4.88. The van der Waals surface area contributed by atoms with Gasteiger partial charge >= 0.3 is 0 Å².